The van der Waals surface area contributed by atoms with Crippen molar-refractivity contribution in [3.05, 3.63) is 0 Å². The molecule has 2 rings (SSSR count). The van der Waals surface area contributed by atoms with Gasteiger partial charge in [0, 0.05) is 12.6 Å². The highest BCUT2D eigenvalue weighted by Crippen LogP contribution is 2.10. The van der Waals surface area contributed by atoms with E-state index in [9.17, 15) is 4.79 Å². The van der Waals surface area contributed by atoms with Crippen LogP contribution in [0, 0.1) is 0 Å². The third-order valence-corrected chi connectivity index (χ3v) is 3.66. The van der Waals surface area contributed by atoms with Gasteiger partial charge in [-0.05, 0) is 39.9 Å². The van der Waals surface area contributed by atoms with Crippen molar-refractivity contribution in [2.24, 2.45) is 0 Å². The van der Waals surface area contributed by atoms with Gasteiger partial charge in [-0.1, -0.05) is 0 Å². The number of nitrogens with zero attached hydrogens (tertiary/aromatic N) is 1. The number of morpholine rings is 1. The molecule has 2 atom stereocenters. The van der Waals surface area contributed by atoms with Gasteiger partial charge in [0.1, 0.15) is 6.04 Å². The molecule has 0 radical (unpaired) electrons. The van der Waals surface area contributed by atoms with Gasteiger partial charge in [-0.25, -0.2) is 0 Å². The summed E-state index contributed by atoms with van der Waals surface area (Å²) in [6, 6.07) is 0.137. The highest BCUT2D eigenvalue weighted by Gasteiger charge is 2.30. The van der Waals surface area contributed by atoms with E-state index in [2.05, 4.69) is 22.6 Å². The summed E-state index contributed by atoms with van der Waals surface area (Å²) < 4.78 is 5.49. The van der Waals surface area contributed by atoms with Crippen molar-refractivity contribution in [2.45, 2.75) is 38.0 Å². The van der Waals surface area contributed by atoms with Gasteiger partial charge in [0.2, 0.25) is 5.91 Å². The molecule has 2 heterocycles. The maximum absolute atomic E-state index is 12.1. The van der Waals surface area contributed by atoms with Gasteiger partial charge in [0.05, 0.1) is 12.7 Å². The van der Waals surface area contributed by atoms with Gasteiger partial charge in [0.25, 0.3) is 0 Å². The maximum atomic E-state index is 12.1. The van der Waals surface area contributed by atoms with Gasteiger partial charge in [0.15, 0.2) is 0 Å². The second kappa shape index (κ2) is 8.97. The second-order valence-corrected chi connectivity index (χ2v) is 5.09. The molecule has 2 aliphatic rings. The molecule has 2 aliphatic heterocycles. The Hall–Kier alpha value is -0.0700. The molecule has 0 bridgehead atoms. The van der Waals surface area contributed by atoms with Crippen LogP contribution in [0.3, 0.4) is 0 Å². The highest BCUT2D eigenvalue weighted by molar-refractivity contribution is 5.85. The molecular weight excluding hydrogens is 289 g/mol. The van der Waals surface area contributed by atoms with E-state index in [1.54, 1.807) is 0 Å². The number of ether oxygens (including phenoxy) is 1. The monoisotopic (exact) mass is 313 g/mol. The molecule has 5 nitrogen and oxygen atoms in total. The summed E-state index contributed by atoms with van der Waals surface area (Å²) >= 11 is 0. The van der Waals surface area contributed by atoms with Crippen molar-refractivity contribution < 1.29 is 9.53 Å². The van der Waals surface area contributed by atoms with Crippen molar-refractivity contribution in [3.8, 4) is 0 Å². The molecule has 2 fully saturated rings. The van der Waals surface area contributed by atoms with Crippen LogP contribution in [0.1, 0.15) is 19.8 Å². The molecule has 114 valence electrons. The van der Waals surface area contributed by atoms with E-state index >= 15 is 0 Å². The predicted octanol–water partition coefficient (Wildman–Crippen LogP) is 0.417. The van der Waals surface area contributed by atoms with Gasteiger partial charge >= 0.3 is 0 Å². The summed E-state index contributed by atoms with van der Waals surface area (Å²) in [5, 5.41) is 6.35. The number of carbonyl (C=O) groups is 1. The molecule has 0 aromatic rings. The minimum Gasteiger partial charge on any atom is -0.375 e. The average Bonchev–Trinajstić information content (AvgIpc) is 2.32. The highest BCUT2D eigenvalue weighted by atomic mass is 35.5. The molecular formula is C12H25Cl2N3O2. The van der Waals surface area contributed by atoms with E-state index in [1.807, 2.05) is 6.92 Å². The van der Waals surface area contributed by atoms with Crippen LogP contribution in [0.15, 0.2) is 0 Å². The maximum Gasteiger partial charge on any atom is 0.240 e. The molecule has 2 saturated heterocycles. The zero-order chi connectivity index (χ0) is 12.3. The van der Waals surface area contributed by atoms with E-state index < -0.39 is 0 Å². The van der Waals surface area contributed by atoms with Gasteiger partial charge in [-0.15, -0.1) is 24.8 Å². The summed E-state index contributed by atoms with van der Waals surface area (Å²) in [6.45, 7) is 5.53. The molecule has 0 aliphatic carbocycles. The fourth-order valence-electron chi connectivity index (χ4n) is 2.47. The van der Waals surface area contributed by atoms with Crippen molar-refractivity contribution in [3.63, 3.8) is 0 Å². The van der Waals surface area contributed by atoms with Crippen LogP contribution in [0.2, 0.25) is 0 Å². The molecule has 0 saturated carbocycles. The molecule has 7 heteroatoms. The first-order valence-electron chi connectivity index (χ1n) is 6.50. The first-order chi connectivity index (χ1) is 8.16. The van der Waals surface area contributed by atoms with E-state index in [0.717, 1.165) is 32.5 Å². The first kappa shape index (κ1) is 18.9. The van der Waals surface area contributed by atoms with Gasteiger partial charge in [-0.2, -0.15) is 0 Å². The summed E-state index contributed by atoms with van der Waals surface area (Å²) in [5.74, 6) is 0.0896. The van der Waals surface area contributed by atoms with Gasteiger partial charge < -0.3 is 20.3 Å². The van der Waals surface area contributed by atoms with E-state index in [-0.39, 0.29) is 42.9 Å². The SMILES string of the molecule is C[C@H]1OCCN[C@@H]1C(=O)NC1CCN(C)CC1.Cl.Cl. The Balaban J connectivity index is 0.00000162. The lowest BCUT2D eigenvalue weighted by molar-refractivity contribution is -0.129. The average molecular weight is 314 g/mol. The Kier molecular flexibility index (Phi) is 8.94. The summed E-state index contributed by atoms with van der Waals surface area (Å²) in [7, 11) is 2.12. The zero-order valence-electron chi connectivity index (χ0n) is 11.6. The third-order valence-electron chi connectivity index (χ3n) is 3.66. The Bertz CT molecular complexity index is 274. The Morgan fingerprint density at radius 3 is 2.53 bits per heavy atom. The topological polar surface area (TPSA) is 53.6 Å². The summed E-state index contributed by atoms with van der Waals surface area (Å²) in [5.41, 5.74) is 0. The Morgan fingerprint density at radius 1 is 1.32 bits per heavy atom. The second-order valence-electron chi connectivity index (χ2n) is 5.09. The quantitative estimate of drug-likeness (QED) is 0.776. The van der Waals surface area contributed by atoms with E-state index in [4.69, 9.17) is 4.74 Å². The third kappa shape index (κ3) is 5.44. The molecule has 2 N–H and O–H groups in total. The van der Waals surface area contributed by atoms with Gasteiger partial charge in [-0.3, -0.25) is 4.79 Å². The minimum atomic E-state index is -0.191. The molecule has 0 spiro atoms. The van der Waals surface area contributed by atoms with Crippen LogP contribution in [-0.4, -0.2) is 62.3 Å². The number of likely N-dealkylation sites (tertiary alicyclic amines) is 1. The lowest BCUT2D eigenvalue weighted by Crippen LogP contribution is -2.57. The number of carbonyl (C=O) groups excluding carboxylic acids is 1. The number of amides is 1. The Morgan fingerprint density at radius 2 is 1.95 bits per heavy atom. The smallest absolute Gasteiger partial charge is 0.240 e. The number of halogens is 2. The number of hydrogen-bond acceptors (Lipinski definition) is 4. The van der Waals surface area contributed by atoms with Crippen molar-refractivity contribution in [1.82, 2.24) is 15.5 Å². The van der Waals surface area contributed by atoms with Crippen LogP contribution < -0.4 is 10.6 Å². The van der Waals surface area contributed by atoms with E-state index in [0.29, 0.717) is 12.6 Å². The lowest BCUT2D eigenvalue weighted by atomic mass is 10.0. The fourth-order valence-corrected chi connectivity index (χ4v) is 2.47. The number of nitrogens with one attached hydrogen (secondary N) is 2. The minimum absolute atomic E-state index is 0. The fraction of sp³-hybridized carbons (Fsp3) is 0.917. The summed E-state index contributed by atoms with van der Waals surface area (Å²) in [6.07, 6.45) is 2.06. The summed E-state index contributed by atoms with van der Waals surface area (Å²) in [4.78, 5) is 14.4. The van der Waals surface area contributed by atoms with Crippen molar-refractivity contribution in [2.75, 3.05) is 33.3 Å². The largest absolute Gasteiger partial charge is 0.375 e. The molecule has 19 heavy (non-hydrogen) atoms. The lowest BCUT2D eigenvalue weighted by Gasteiger charge is -2.33. The normalized spacial score (nSPS) is 28.9. The predicted molar refractivity (Wildman–Crippen MR) is 80.4 cm³/mol. The van der Waals surface area contributed by atoms with Crippen molar-refractivity contribution >= 4 is 30.7 Å². The standard InChI is InChI=1S/C12H23N3O2.2ClH/c1-9-11(13-5-8-17-9)12(16)14-10-3-6-15(2)7-4-10;;/h9-11,13H,3-8H2,1-2H3,(H,14,16);2*1H/t9-,11+;;/m1../s1. The van der Waals surface area contributed by atoms with E-state index in [1.165, 1.54) is 0 Å². The van der Waals surface area contributed by atoms with Crippen LogP contribution >= 0.6 is 24.8 Å². The van der Waals surface area contributed by atoms with Crippen LogP contribution in [0.5, 0.6) is 0 Å². The molecule has 0 aromatic heterocycles. The van der Waals surface area contributed by atoms with Crippen LogP contribution in [-0.2, 0) is 9.53 Å². The number of rotatable bonds is 2. The van der Waals surface area contributed by atoms with Crippen LogP contribution in [0.25, 0.3) is 0 Å². The molecule has 0 unspecified atom stereocenters. The molecule has 1 amide bonds. The van der Waals surface area contributed by atoms with Crippen molar-refractivity contribution in [1.29, 1.82) is 0 Å². The Labute approximate surface area is 127 Å². The number of hydrogen-bond donors (Lipinski definition) is 2. The number of piperidine rings is 1. The first-order valence-corrected chi connectivity index (χ1v) is 6.50. The zero-order valence-corrected chi connectivity index (χ0v) is 13.2. The molecule has 0 aromatic carbocycles. The van der Waals surface area contributed by atoms with Crippen LogP contribution in [0.4, 0.5) is 0 Å².